The first-order valence-electron chi connectivity index (χ1n) is 12.5. The summed E-state index contributed by atoms with van der Waals surface area (Å²) in [6.07, 6.45) is -0.0799. The Kier molecular flexibility index (Phi) is 6.41. The van der Waals surface area contributed by atoms with Gasteiger partial charge in [0.1, 0.15) is 35.8 Å². The van der Waals surface area contributed by atoms with Gasteiger partial charge < -0.3 is 24.4 Å². The highest BCUT2D eigenvalue weighted by Gasteiger charge is 2.76. The predicted molar refractivity (Wildman–Crippen MR) is 146 cm³/mol. The molecule has 8 heteroatoms. The minimum absolute atomic E-state index is 0.0589. The van der Waals surface area contributed by atoms with Crippen LogP contribution in [0.15, 0.2) is 102 Å². The Hall–Kier alpha value is -3.72. The molecule has 3 aromatic carbocycles. The number of rotatable bonds is 6. The van der Waals surface area contributed by atoms with Crippen LogP contribution in [-0.2, 0) is 27.3 Å². The molecule has 39 heavy (non-hydrogen) atoms. The number of hydrogen-bond acceptors (Lipinski definition) is 7. The first-order chi connectivity index (χ1) is 18.9. The molecule has 198 valence electrons. The number of carbonyl (C=O) groups is 1. The van der Waals surface area contributed by atoms with Crippen LogP contribution in [0.3, 0.4) is 0 Å². The first-order valence-corrected chi connectivity index (χ1v) is 13.3. The SMILES string of the molecule is COC(=O)C1C(c2ccccc2)[C@]2(c3ccc(Br)cc3)Oc3cc(OCc4ccccc4)cnc3[C@@]1(O)C2O. The van der Waals surface area contributed by atoms with Crippen molar-refractivity contribution < 1.29 is 29.2 Å². The molecular formula is C31H26BrNO6. The number of methoxy groups -OCH3 is 1. The minimum Gasteiger partial charge on any atom is -0.487 e. The van der Waals surface area contributed by atoms with Crippen LogP contribution in [0.25, 0.3) is 0 Å². The third kappa shape index (κ3) is 3.93. The van der Waals surface area contributed by atoms with Gasteiger partial charge in [0.05, 0.1) is 13.3 Å². The van der Waals surface area contributed by atoms with Crippen LogP contribution in [0.5, 0.6) is 11.5 Å². The van der Waals surface area contributed by atoms with E-state index < -0.39 is 35.1 Å². The lowest BCUT2D eigenvalue weighted by molar-refractivity contribution is -0.173. The Morgan fingerprint density at radius 1 is 1.03 bits per heavy atom. The van der Waals surface area contributed by atoms with E-state index >= 15 is 0 Å². The number of aliphatic hydroxyl groups is 2. The third-order valence-corrected chi connectivity index (χ3v) is 8.26. The number of aromatic nitrogens is 1. The molecular weight excluding hydrogens is 562 g/mol. The largest absolute Gasteiger partial charge is 0.487 e. The van der Waals surface area contributed by atoms with Crippen molar-refractivity contribution in [1.29, 1.82) is 0 Å². The van der Waals surface area contributed by atoms with Gasteiger partial charge in [0.2, 0.25) is 0 Å². The summed E-state index contributed by atoms with van der Waals surface area (Å²) in [5.74, 6) is -2.05. The number of halogens is 1. The summed E-state index contributed by atoms with van der Waals surface area (Å²) in [6.45, 7) is 0.309. The Morgan fingerprint density at radius 3 is 2.36 bits per heavy atom. The smallest absolute Gasteiger partial charge is 0.312 e. The zero-order valence-electron chi connectivity index (χ0n) is 21.0. The molecule has 6 rings (SSSR count). The summed E-state index contributed by atoms with van der Waals surface area (Å²) in [6, 6.07) is 27.9. The van der Waals surface area contributed by atoms with Gasteiger partial charge in [-0.3, -0.25) is 9.78 Å². The fraction of sp³-hybridized carbons (Fsp3) is 0.226. The van der Waals surface area contributed by atoms with Crippen LogP contribution in [0.1, 0.15) is 28.3 Å². The summed E-state index contributed by atoms with van der Waals surface area (Å²) < 4.78 is 18.8. The van der Waals surface area contributed by atoms with E-state index in [4.69, 9.17) is 14.2 Å². The second-order valence-corrected chi connectivity index (χ2v) is 10.7. The highest BCUT2D eigenvalue weighted by Crippen LogP contribution is 2.66. The lowest BCUT2D eigenvalue weighted by Gasteiger charge is -2.44. The van der Waals surface area contributed by atoms with Gasteiger partial charge in [-0.1, -0.05) is 88.7 Å². The molecule has 4 aromatic rings. The second kappa shape index (κ2) is 9.79. The Balaban J connectivity index is 1.54. The van der Waals surface area contributed by atoms with Crippen LogP contribution in [0, 0.1) is 5.92 Å². The highest BCUT2D eigenvalue weighted by molar-refractivity contribution is 9.10. The second-order valence-electron chi connectivity index (χ2n) is 9.81. The van der Waals surface area contributed by atoms with Gasteiger partial charge in [0, 0.05) is 16.5 Å². The summed E-state index contributed by atoms with van der Waals surface area (Å²) in [7, 11) is 1.27. The number of ether oxygens (including phenoxy) is 3. The maximum absolute atomic E-state index is 13.4. The van der Waals surface area contributed by atoms with Gasteiger partial charge in [-0.2, -0.15) is 0 Å². The molecule has 0 spiro atoms. The summed E-state index contributed by atoms with van der Waals surface area (Å²) >= 11 is 3.47. The average molecular weight is 588 g/mol. The van der Waals surface area contributed by atoms with E-state index in [1.807, 2.05) is 84.9 Å². The zero-order chi connectivity index (χ0) is 27.2. The minimum atomic E-state index is -2.10. The molecule has 1 saturated carbocycles. The number of esters is 1. The maximum Gasteiger partial charge on any atom is 0.312 e. The number of fused-ring (bicyclic) bond motifs is 4. The van der Waals surface area contributed by atoms with Gasteiger partial charge in [-0.25, -0.2) is 0 Å². The van der Waals surface area contributed by atoms with Gasteiger partial charge in [0.25, 0.3) is 0 Å². The summed E-state index contributed by atoms with van der Waals surface area (Å²) in [5.41, 5.74) is -1.30. The molecule has 5 atom stereocenters. The molecule has 2 heterocycles. The number of hydrogen-bond donors (Lipinski definition) is 2. The van der Waals surface area contributed by atoms with Crippen molar-refractivity contribution in [2.24, 2.45) is 5.92 Å². The van der Waals surface area contributed by atoms with E-state index in [-0.39, 0.29) is 11.4 Å². The molecule has 1 aliphatic heterocycles. The molecule has 1 fully saturated rings. The monoisotopic (exact) mass is 587 g/mol. The first kappa shape index (κ1) is 25.6. The summed E-state index contributed by atoms with van der Waals surface area (Å²) in [5, 5.41) is 24.4. The van der Waals surface area contributed by atoms with Crippen molar-refractivity contribution in [2.75, 3.05) is 7.11 Å². The molecule has 0 saturated heterocycles. The van der Waals surface area contributed by atoms with Crippen LogP contribution in [0.4, 0.5) is 0 Å². The lowest BCUT2D eigenvalue weighted by Crippen LogP contribution is -2.55. The van der Waals surface area contributed by atoms with E-state index in [1.54, 1.807) is 6.07 Å². The maximum atomic E-state index is 13.4. The molecule has 3 unspecified atom stereocenters. The van der Waals surface area contributed by atoms with Crippen molar-refractivity contribution in [3.05, 3.63) is 124 Å². The van der Waals surface area contributed by atoms with Crippen molar-refractivity contribution in [3.8, 4) is 11.5 Å². The van der Waals surface area contributed by atoms with Gasteiger partial charge in [-0.05, 0) is 28.8 Å². The quantitative estimate of drug-likeness (QED) is 0.311. The predicted octanol–water partition coefficient (Wildman–Crippen LogP) is 4.85. The number of pyridine rings is 1. The van der Waals surface area contributed by atoms with Crippen LogP contribution in [0.2, 0.25) is 0 Å². The van der Waals surface area contributed by atoms with Crippen LogP contribution >= 0.6 is 15.9 Å². The molecule has 1 aliphatic carbocycles. The van der Waals surface area contributed by atoms with E-state index in [2.05, 4.69) is 20.9 Å². The molecule has 2 bridgehead atoms. The topological polar surface area (TPSA) is 98.1 Å². The van der Waals surface area contributed by atoms with Crippen molar-refractivity contribution in [2.45, 2.75) is 29.8 Å². The van der Waals surface area contributed by atoms with Crippen molar-refractivity contribution in [3.63, 3.8) is 0 Å². The van der Waals surface area contributed by atoms with E-state index in [0.717, 1.165) is 10.0 Å². The normalized spacial score (nSPS) is 26.8. The molecule has 0 amide bonds. The molecule has 0 radical (unpaired) electrons. The average Bonchev–Trinajstić information content (AvgIpc) is 3.10. The van der Waals surface area contributed by atoms with Crippen molar-refractivity contribution >= 4 is 21.9 Å². The molecule has 2 N–H and O–H groups in total. The number of benzene rings is 3. The van der Waals surface area contributed by atoms with Crippen LogP contribution < -0.4 is 9.47 Å². The fourth-order valence-corrected chi connectivity index (χ4v) is 6.29. The number of aliphatic hydroxyl groups excluding tert-OH is 1. The fourth-order valence-electron chi connectivity index (χ4n) is 6.02. The van der Waals surface area contributed by atoms with Crippen LogP contribution in [-0.4, -0.2) is 34.4 Å². The number of nitrogens with zero attached hydrogens (tertiary/aromatic N) is 1. The Labute approximate surface area is 234 Å². The highest BCUT2D eigenvalue weighted by atomic mass is 79.9. The van der Waals surface area contributed by atoms with Crippen molar-refractivity contribution in [1.82, 2.24) is 4.98 Å². The van der Waals surface area contributed by atoms with E-state index in [1.165, 1.54) is 13.3 Å². The molecule has 7 nitrogen and oxygen atoms in total. The number of carbonyl (C=O) groups excluding carboxylic acids is 1. The lowest BCUT2D eigenvalue weighted by atomic mass is 9.75. The Bertz CT molecular complexity index is 1500. The van der Waals surface area contributed by atoms with Gasteiger partial charge in [0.15, 0.2) is 11.2 Å². The molecule has 1 aromatic heterocycles. The van der Waals surface area contributed by atoms with Gasteiger partial charge >= 0.3 is 5.97 Å². The Morgan fingerprint density at radius 2 is 1.69 bits per heavy atom. The third-order valence-electron chi connectivity index (χ3n) is 7.74. The van der Waals surface area contributed by atoms with Gasteiger partial charge in [-0.15, -0.1) is 0 Å². The summed E-state index contributed by atoms with van der Waals surface area (Å²) in [4.78, 5) is 17.9. The van der Waals surface area contributed by atoms with E-state index in [0.29, 0.717) is 23.5 Å². The zero-order valence-corrected chi connectivity index (χ0v) is 22.6. The molecule has 2 aliphatic rings. The van der Waals surface area contributed by atoms with E-state index in [9.17, 15) is 15.0 Å². The standard InChI is InChI=1S/C31H26BrNO6/c1-37-28(34)26-25(20-10-6-3-7-11-20)31(21-12-14-22(32)15-13-21)29(35)30(26,36)27-24(39-31)16-23(17-33-27)38-18-19-8-4-2-5-9-19/h2-17,25-26,29,35-36H,18H2,1H3/t25?,26?,29?,30-,31+/m1/s1.